The quantitative estimate of drug-likeness (QED) is 0.196. The smallest absolute Gasteiger partial charge is 0.225 e. The molecule has 1 atom stereocenters. The maximum atomic E-state index is 11.8. The molecule has 9 nitrogen and oxygen atoms in total. The number of carbonyl (C=O) groups is 1. The van der Waals surface area contributed by atoms with Crippen molar-refractivity contribution in [1.82, 2.24) is 24.4 Å². The molecule has 1 saturated heterocycles. The summed E-state index contributed by atoms with van der Waals surface area (Å²) in [4.78, 5) is 28.7. The highest BCUT2D eigenvalue weighted by Crippen LogP contribution is 2.40. The highest BCUT2D eigenvalue weighted by molar-refractivity contribution is 6.41. The largest absolute Gasteiger partial charge is 0.369 e. The molecule has 6 rings (SSSR count). The standard InChI is InChI=1S/C30H33Cl3N8O/c31-20-13-23(32)26(24(33)14-20)38-30-37-25-15-35-29(39-28(25)41(30)22-10-8-19(9-11-22)27(34)42)36-21-7-4-12-40(17-21)16-18-5-2-1-3-6-18/h1-3,5-6,13-15,19,21-22H,4,7-12,16-17H2,(H2,34,42)(H,37,38)(H,35,36,39)/t19?,21-,22?/m1/s1. The lowest BCUT2D eigenvalue weighted by molar-refractivity contribution is -0.122. The summed E-state index contributed by atoms with van der Waals surface area (Å²) in [6.45, 7) is 2.90. The number of benzene rings is 2. The van der Waals surface area contributed by atoms with Crippen molar-refractivity contribution < 1.29 is 4.79 Å². The molecule has 0 bridgehead atoms. The Balaban J connectivity index is 1.28. The van der Waals surface area contributed by atoms with Gasteiger partial charge in [0.05, 0.1) is 21.9 Å². The van der Waals surface area contributed by atoms with Crippen LogP contribution in [0.4, 0.5) is 17.6 Å². The second-order valence-corrected chi connectivity index (χ2v) is 12.4. The number of fused-ring (bicyclic) bond motifs is 1. The van der Waals surface area contributed by atoms with Crippen LogP contribution >= 0.6 is 34.8 Å². The molecule has 2 aliphatic rings. The summed E-state index contributed by atoms with van der Waals surface area (Å²) < 4.78 is 2.09. The van der Waals surface area contributed by atoms with Gasteiger partial charge in [-0.25, -0.2) is 9.97 Å². The van der Waals surface area contributed by atoms with Gasteiger partial charge >= 0.3 is 0 Å². The molecule has 1 aliphatic carbocycles. The lowest BCUT2D eigenvalue weighted by Gasteiger charge is -2.33. The second-order valence-electron chi connectivity index (χ2n) is 11.2. The number of rotatable bonds is 8. The van der Waals surface area contributed by atoms with Gasteiger partial charge in [-0.05, 0) is 62.8 Å². The molecule has 2 aromatic carbocycles. The van der Waals surface area contributed by atoms with Crippen LogP contribution in [0.25, 0.3) is 11.2 Å². The molecule has 2 aromatic heterocycles. The Labute approximate surface area is 259 Å². The summed E-state index contributed by atoms with van der Waals surface area (Å²) in [7, 11) is 0. The molecule has 220 valence electrons. The van der Waals surface area contributed by atoms with E-state index in [9.17, 15) is 4.79 Å². The van der Waals surface area contributed by atoms with Crippen LogP contribution in [0, 0.1) is 5.92 Å². The monoisotopic (exact) mass is 626 g/mol. The van der Waals surface area contributed by atoms with Gasteiger partial charge in [-0.2, -0.15) is 4.98 Å². The minimum Gasteiger partial charge on any atom is -0.369 e. The molecular formula is C30H33Cl3N8O. The van der Waals surface area contributed by atoms with Gasteiger partial charge in [-0.1, -0.05) is 65.1 Å². The van der Waals surface area contributed by atoms with Gasteiger partial charge in [0.2, 0.25) is 17.8 Å². The number of primary amides is 1. The zero-order chi connectivity index (χ0) is 29.2. The molecule has 0 spiro atoms. The van der Waals surface area contributed by atoms with E-state index in [1.807, 2.05) is 6.07 Å². The summed E-state index contributed by atoms with van der Waals surface area (Å²) in [5.74, 6) is 0.751. The molecular weight excluding hydrogens is 595 g/mol. The Morgan fingerprint density at radius 2 is 1.74 bits per heavy atom. The first kappa shape index (κ1) is 29.0. The molecule has 1 saturated carbocycles. The highest BCUT2D eigenvalue weighted by atomic mass is 35.5. The van der Waals surface area contributed by atoms with Gasteiger partial charge in [0.15, 0.2) is 5.65 Å². The third kappa shape index (κ3) is 6.44. The van der Waals surface area contributed by atoms with Gasteiger partial charge in [0, 0.05) is 36.1 Å². The number of nitrogens with zero attached hydrogens (tertiary/aromatic N) is 5. The molecule has 4 aromatic rings. The number of nitrogens with two attached hydrogens (primary N) is 1. The predicted octanol–water partition coefficient (Wildman–Crippen LogP) is 6.82. The van der Waals surface area contributed by atoms with Crippen molar-refractivity contribution in [1.29, 1.82) is 0 Å². The zero-order valence-corrected chi connectivity index (χ0v) is 25.3. The molecule has 4 N–H and O–H groups in total. The topological polar surface area (TPSA) is 114 Å². The molecule has 12 heteroatoms. The lowest BCUT2D eigenvalue weighted by Crippen LogP contribution is -2.41. The van der Waals surface area contributed by atoms with Crippen molar-refractivity contribution in [2.75, 3.05) is 23.7 Å². The third-order valence-electron chi connectivity index (χ3n) is 8.23. The van der Waals surface area contributed by atoms with Crippen molar-refractivity contribution in [2.24, 2.45) is 11.7 Å². The van der Waals surface area contributed by atoms with E-state index < -0.39 is 0 Å². The summed E-state index contributed by atoms with van der Waals surface area (Å²) in [6.07, 6.45) is 6.83. The number of nitrogens with one attached hydrogen (secondary N) is 2. The first-order valence-electron chi connectivity index (χ1n) is 14.3. The van der Waals surface area contributed by atoms with Crippen LogP contribution in [-0.2, 0) is 11.3 Å². The van der Waals surface area contributed by atoms with Crippen molar-refractivity contribution in [3.63, 3.8) is 0 Å². The number of aromatic nitrogens is 4. The van der Waals surface area contributed by atoms with Crippen LogP contribution in [-0.4, -0.2) is 49.5 Å². The van der Waals surface area contributed by atoms with E-state index in [1.165, 1.54) is 5.56 Å². The van der Waals surface area contributed by atoms with E-state index in [0.717, 1.165) is 45.3 Å². The van der Waals surface area contributed by atoms with Crippen LogP contribution in [0.5, 0.6) is 0 Å². The molecule has 3 heterocycles. The first-order valence-corrected chi connectivity index (χ1v) is 15.5. The van der Waals surface area contributed by atoms with Crippen LogP contribution < -0.4 is 16.4 Å². The number of anilines is 3. The number of halogens is 3. The summed E-state index contributed by atoms with van der Waals surface area (Å²) in [5.41, 5.74) is 8.79. The van der Waals surface area contributed by atoms with E-state index in [2.05, 4.69) is 49.4 Å². The lowest BCUT2D eigenvalue weighted by atomic mass is 9.85. The van der Waals surface area contributed by atoms with E-state index in [1.54, 1.807) is 18.3 Å². The summed E-state index contributed by atoms with van der Waals surface area (Å²) in [6, 6.07) is 14.1. The Morgan fingerprint density at radius 1 is 1.00 bits per heavy atom. The van der Waals surface area contributed by atoms with Crippen LogP contribution in [0.2, 0.25) is 15.1 Å². The second kappa shape index (κ2) is 12.6. The van der Waals surface area contributed by atoms with Gasteiger partial charge in [-0.3, -0.25) is 14.3 Å². The van der Waals surface area contributed by atoms with Gasteiger partial charge < -0.3 is 16.4 Å². The Bertz CT molecular complexity index is 1550. The predicted molar refractivity (Wildman–Crippen MR) is 169 cm³/mol. The molecule has 0 radical (unpaired) electrons. The fourth-order valence-corrected chi connectivity index (χ4v) is 7.04. The van der Waals surface area contributed by atoms with Gasteiger partial charge in [-0.15, -0.1) is 0 Å². The van der Waals surface area contributed by atoms with Crippen LogP contribution in [0.1, 0.15) is 50.1 Å². The molecule has 0 unspecified atom stereocenters. The van der Waals surface area contributed by atoms with Crippen LogP contribution in [0.3, 0.4) is 0 Å². The maximum Gasteiger partial charge on any atom is 0.225 e. The molecule has 2 fully saturated rings. The van der Waals surface area contributed by atoms with Crippen molar-refractivity contribution in [2.45, 2.75) is 57.2 Å². The Morgan fingerprint density at radius 3 is 2.45 bits per heavy atom. The third-order valence-corrected chi connectivity index (χ3v) is 9.04. The van der Waals surface area contributed by atoms with Crippen molar-refractivity contribution in [3.8, 4) is 0 Å². The van der Waals surface area contributed by atoms with E-state index >= 15 is 0 Å². The minimum atomic E-state index is -0.246. The fraction of sp³-hybridized carbons (Fsp3) is 0.400. The number of imidazole rings is 1. The van der Waals surface area contributed by atoms with E-state index in [4.69, 9.17) is 50.5 Å². The summed E-state index contributed by atoms with van der Waals surface area (Å²) >= 11 is 19.2. The van der Waals surface area contributed by atoms with E-state index in [-0.39, 0.29) is 23.9 Å². The fourth-order valence-electron chi connectivity index (χ4n) is 6.13. The molecule has 1 amide bonds. The van der Waals surface area contributed by atoms with E-state index in [0.29, 0.717) is 56.7 Å². The normalized spacial score (nSPS) is 21.4. The molecule has 1 aliphatic heterocycles. The number of piperidine rings is 1. The number of likely N-dealkylation sites (tertiary alicyclic amines) is 1. The highest BCUT2D eigenvalue weighted by Gasteiger charge is 2.30. The van der Waals surface area contributed by atoms with Crippen molar-refractivity contribution in [3.05, 3.63) is 69.3 Å². The van der Waals surface area contributed by atoms with Crippen LogP contribution in [0.15, 0.2) is 48.7 Å². The van der Waals surface area contributed by atoms with Gasteiger partial charge in [0.25, 0.3) is 0 Å². The Hall–Kier alpha value is -3.11. The minimum absolute atomic E-state index is 0.0525. The average molecular weight is 628 g/mol. The number of hydrogen-bond donors (Lipinski definition) is 3. The Kier molecular flexibility index (Phi) is 8.72. The zero-order valence-electron chi connectivity index (χ0n) is 23.1. The molecule has 42 heavy (non-hydrogen) atoms. The van der Waals surface area contributed by atoms with Crippen molar-refractivity contribution >= 4 is 69.5 Å². The number of hydrogen-bond acceptors (Lipinski definition) is 7. The number of amides is 1. The maximum absolute atomic E-state index is 11.8. The van der Waals surface area contributed by atoms with Gasteiger partial charge in [0.1, 0.15) is 5.52 Å². The SMILES string of the molecule is NC(=O)C1CCC(n2c(Nc3c(Cl)cc(Cl)cc3Cl)nc3cnc(N[C@@H]4CCCN(Cc5ccccc5)C4)nc32)CC1. The average Bonchev–Trinajstić information content (AvgIpc) is 3.33. The number of carbonyl (C=O) groups excluding carboxylic acids is 1. The first-order chi connectivity index (χ1) is 20.3. The summed E-state index contributed by atoms with van der Waals surface area (Å²) in [5, 5.41) is 8.12.